The van der Waals surface area contributed by atoms with E-state index in [0.29, 0.717) is 0 Å². The van der Waals surface area contributed by atoms with Crippen LogP contribution in [0, 0.1) is 11.3 Å². The molecule has 2 aromatic rings. The number of benzene rings is 2. The Bertz CT molecular complexity index is 788. The molecule has 0 saturated carbocycles. The second-order valence-corrected chi connectivity index (χ2v) is 9.98. The van der Waals surface area contributed by atoms with E-state index in [1.54, 1.807) is 0 Å². The molecule has 2 aromatic carbocycles. The van der Waals surface area contributed by atoms with Crippen molar-refractivity contribution in [3.05, 3.63) is 65.7 Å². The summed E-state index contributed by atoms with van der Waals surface area (Å²) in [5.41, 5.74) is 2.51. The van der Waals surface area contributed by atoms with Gasteiger partial charge in [-0.2, -0.15) is 0 Å². The number of aliphatic hydroxyl groups excluding tert-OH is 1. The molecule has 1 aliphatic heterocycles. The predicted molar refractivity (Wildman–Crippen MR) is 125 cm³/mol. The Labute approximate surface area is 188 Å². The van der Waals surface area contributed by atoms with E-state index in [2.05, 4.69) is 61.6 Å². The Hall–Kier alpha value is -1.88. The van der Waals surface area contributed by atoms with Gasteiger partial charge in [0.05, 0.1) is 24.9 Å². The van der Waals surface area contributed by atoms with E-state index in [4.69, 9.17) is 9.47 Å². The fourth-order valence-corrected chi connectivity index (χ4v) is 5.11. The zero-order valence-electron chi connectivity index (χ0n) is 19.6. The van der Waals surface area contributed by atoms with Crippen LogP contribution in [0.5, 0.6) is 5.75 Å². The topological polar surface area (TPSA) is 55.3 Å². The minimum absolute atomic E-state index is 0.0450. The summed E-state index contributed by atoms with van der Waals surface area (Å²) in [5, 5.41) is 12.8. The molecule has 0 aliphatic carbocycles. The maximum atomic E-state index is 10.4. The van der Waals surface area contributed by atoms with Crippen LogP contribution < -0.4 is 10.1 Å². The number of ether oxygens (including phenoxy) is 2. The van der Waals surface area contributed by atoms with Crippen LogP contribution >= 0.6 is 0 Å². The largest absolute Gasteiger partial charge is 0.491 e. The number of rotatable bonds is 10. The lowest BCUT2D eigenvalue weighted by atomic mass is 9.63. The molecule has 0 aromatic heterocycles. The molecule has 4 nitrogen and oxygen atoms in total. The molecule has 0 unspecified atom stereocenters. The molecule has 0 amide bonds. The summed E-state index contributed by atoms with van der Waals surface area (Å²) in [6.07, 6.45) is 3.13. The predicted octanol–water partition coefficient (Wildman–Crippen LogP) is 3.96. The van der Waals surface area contributed by atoms with Crippen molar-refractivity contribution in [2.75, 3.05) is 19.8 Å². The van der Waals surface area contributed by atoms with Gasteiger partial charge < -0.3 is 19.9 Å². The van der Waals surface area contributed by atoms with Gasteiger partial charge in [-0.15, -0.1) is 0 Å². The molecular formula is C27H40NO3+. The first-order chi connectivity index (χ1) is 14.8. The Balaban J connectivity index is 1.67. The number of nitrogens with two attached hydrogens (primary N) is 1. The molecule has 2 atom stereocenters. The first-order valence-electron chi connectivity index (χ1n) is 11.7. The van der Waals surface area contributed by atoms with Crippen LogP contribution in [0.2, 0.25) is 0 Å². The number of hydrogen-bond acceptors (Lipinski definition) is 3. The standard InChI is InChI=1S/C27H39NO3/c1-21(2)31-25-12-10-23(11-13-25)17-28-18-24(19-29)27(14-15-30-26(3,4)20-27)16-22-8-6-5-7-9-22/h5-13,21,24,28-29H,14-20H2,1-4H3/p+1/t24-,27-/m1/s1. The zero-order chi connectivity index (χ0) is 22.3. The lowest BCUT2D eigenvalue weighted by molar-refractivity contribution is -0.678. The molecule has 3 rings (SSSR count). The van der Waals surface area contributed by atoms with E-state index in [-0.39, 0.29) is 29.6 Å². The van der Waals surface area contributed by atoms with Crippen molar-refractivity contribution in [3.8, 4) is 5.75 Å². The van der Waals surface area contributed by atoms with Gasteiger partial charge >= 0.3 is 0 Å². The molecule has 0 bridgehead atoms. The van der Waals surface area contributed by atoms with E-state index >= 15 is 0 Å². The fourth-order valence-electron chi connectivity index (χ4n) is 5.11. The Morgan fingerprint density at radius 1 is 1.03 bits per heavy atom. The average Bonchev–Trinajstić information content (AvgIpc) is 2.72. The molecule has 1 saturated heterocycles. The van der Waals surface area contributed by atoms with Gasteiger partial charge in [0, 0.05) is 18.1 Å². The van der Waals surface area contributed by atoms with Crippen LogP contribution in [0.15, 0.2) is 54.6 Å². The van der Waals surface area contributed by atoms with Gasteiger partial charge in [0.2, 0.25) is 0 Å². The number of hydrogen-bond donors (Lipinski definition) is 2. The highest BCUT2D eigenvalue weighted by molar-refractivity contribution is 5.26. The van der Waals surface area contributed by atoms with Crippen molar-refractivity contribution in [3.63, 3.8) is 0 Å². The van der Waals surface area contributed by atoms with E-state index in [9.17, 15) is 5.11 Å². The van der Waals surface area contributed by atoms with Crippen LogP contribution in [-0.4, -0.2) is 36.6 Å². The van der Waals surface area contributed by atoms with Gasteiger partial charge in [-0.3, -0.25) is 0 Å². The third-order valence-electron chi connectivity index (χ3n) is 6.48. The van der Waals surface area contributed by atoms with Gasteiger partial charge in [0.1, 0.15) is 12.3 Å². The maximum Gasteiger partial charge on any atom is 0.119 e. The summed E-state index contributed by atoms with van der Waals surface area (Å²) in [6.45, 7) is 11.2. The Kier molecular flexibility index (Phi) is 8.15. The summed E-state index contributed by atoms with van der Waals surface area (Å²) in [7, 11) is 0. The first kappa shape index (κ1) is 23.8. The van der Waals surface area contributed by atoms with E-state index in [1.807, 2.05) is 26.0 Å². The lowest BCUT2D eigenvalue weighted by Gasteiger charge is -2.48. The summed E-state index contributed by atoms with van der Waals surface area (Å²) in [6, 6.07) is 19.1. The van der Waals surface area contributed by atoms with Crippen molar-refractivity contribution in [2.24, 2.45) is 11.3 Å². The zero-order valence-corrected chi connectivity index (χ0v) is 19.6. The molecule has 0 radical (unpaired) electrons. The summed E-state index contributed by atoms with van der Waals surface area (Å²) < 4.78 is 11.8. The van der Waals surface area contributed by atoms with Gasteiger partial charge in [0.25, 0.3) is 0 Å². The van der Waals surface area contributed by atoms with Crippen LogP contribution in [-0.2, 0) is 17.7 Å². The molecular weight excluding hydrogens is 386 g/mol. The van der Waals surface area contributed by atoms with Crippen molar-refractivity contribution < 1.29 is 19.9 Å². The molecule has 0 spiro atoms. The monoisotopic (exact) mass is 426 g/mol. The van der Waals surface area contributed by atoms with Gasteiger partial charge in [-0.25, -0.2) is 0 Å². The molecule has 1 fully saturated rings. The van der Waals surface area contributed by atoms with Crippen molar-refractivity contribution in [1.82, 2.24) is 0 Å². The molecule has 1 heterocycles. The third kappa shape index (κ3) is 6.80. The Morgan fingerprint density at radius 2 is 1.74 bits per heavy atom. The highest BCUT2D eigenvalue weighted by Gasteiger charge is 2.46. The Morgan fingerprint density at radius 3 is 2.35 bits per heavy atom. The molecule has 170 valence electrons. The molecule has 3 N–H and O–H groups in total. The smallest absolute Gasteiger partial charge is 0.119 e. The minimum Gasteiger partial charge on any atom is -0.491 e. The fraction of sp³-hybridized carbons (Fsp3) is 0.556. The molecule has 31 heavy (non-hydrogen) atoms. The van der Waals surface area contributed by atoms with Gasteiger partial charge in [-0.05, 0) is 82.2 Å². The van der Waals surface area contributed by atoms with E-state index < -0.39 is 0 Å². The summed E-state index contributed by atoms with van der Waals surface area (Å²) in [5.74, 6) is 1.14. The SMILES string of the molecule is CC(C)Oc1ccc(C[NH2+]C[C@H](CO)[C@@]2(Cc3ccccc3)CCOC(C)(C)C2)cc1. The van der Waals surface area contributed by atoms with Gasteiger partial charge in [0.15, 0.2) is 0 Å². The minimum atomic E-state index is -0.160. The molecule has 4 heteroatoms. The third-order valence-corrected chi connectivity index (χ3v) is 6.48. The lowest BCUT2D eigenvalue weighted by Crippen LogP contribution is -2.85. The van der Waals surface area contributed by atoms with Crippen LogP contribution in [0.3, 0.4) is 0 Å². The number of quaternary nitrogens is 1. The molecule has 1 aliphatic rings. The maximum absolute atomic E-state index is 10.4. The van der Waals surface area contributed by atoms with E-state index in [0.717, 1.165) is 44.7 Å². The average molecular weight is 427 g/mol. The van der Waals surface area contributed by atoms with Crippen LogP contribution in [0.4, 0.5) is 0 Å². The van der Waals surface area contributed by atoms with Crippen molar-refractivity contribution >= 4 is 0 Å². The van der Waals surface area contributed by atoms with Crippen molar-refractivity contribution in [1.29, 1.82) is 0 Å². The van der Waals surface area contributed by atoms with Crippen LogP contribution in [0.25, 0.3) is 0 Å². The summed E-state index contributed by atoms with van der Waals surface area (Å²) >= 11 is 0. The quantitative estimate of drug-likeness (QED) is 0.605. The highest BCUT2D eigenvalue weighted by Crippen LogP contribution is 2.46. The van der Waals surface area contributed by atoms with Crippen LogP contribution in [0.1, 0.15) is 51.7 Å². The van der Waals surface area contributed by atoms with E-state index in [1.165, 1.54) is 11.1 Å². The second-order valence-electron chi connectivity index (χ2n) is 9.98. The van der Waals surface area contributed by atoms with Gasteiger partial charge in [-0.1, -0.05) is 30.3 Å². The second kappa shape index (κ2) is 10.6. The summed E-state index contributed by atoms with van der Waals surface area (Å²) in [4.78, 5) is 0. The highest BCUT2D eigenvalue weighted by atomic mass is 16.5. The number of aliphatic hydroxyl groups is 1. The first-order valence-corrected chi connectivity index (χ1v) is 11.7. The normalized spacial score (nSPS) is 21.7. The van der Waals surface area contributed by atoms with Crippen molar-refractivity contribution in [2.45, 2.75) is 65.2 Å².